The van der Waals surface area contributed by atoms with Crippen LogP contribution >= 0.6 is 0 Å². The van der Waals surface area contributed by atoms with Gasteiger partial charge in [0.25, 0.3) is 0 Å². The van der Waals surface area contributed by atoms with Crippen molar-refractivity contribution in [2.45, 2.75) is 32.7 Å². The minimum absolute atomic E-state index is 0.115. The molecule has 4 heteroatoms. The van der Waals surface area contributed by atoms with E-state index in [1.165, 1.54) is 0 Å². The van der Waals surface area contributed by atoms with Crippen molar-refractivity contribution in [3.05, 3.63) is 0 Å². The van der Waals surface area contributed by atoms with Crippen molar-refractivity contribution in [2.24, 2.45) is 0 Å². The maximum Gasteiger partial charge on any atom is 0.222 e. The molecule has 4 nitrogen and oxygen atoms in total. The average molecular weight is 217 g/mol. The maximum atomic E-state index is 11.8. The van der Waals surface area contributed by atoms with Gasteiger partial charge in [-0.25, -0.2) is 0 Å². The number of rotatable bonds is 8. The van der Waals surface area contributed by atoms with Gasteiger partial charge < -0.3 is 14.4 Å². The Morgan fingerprint density at radius 3 is 2.47 bits per heavy atom. The lowest BCUT2D eigenvalue weighted by atomic mass is 10.2. The summed E-state index contributed by atoms with van der Waals surface area (Å²) >= 11 is 0. The summed E-state index contributed by atoms with van der Waals surface area (Å²) in [7, 11) is 3.29. The number of ether oxygens (including phenoxy) is 2. The zero-order valence-corrected chi connectivity index (χ0v) is 10.3. The van der Waals surface area contributed by atoms with Crippen LogP contribution in [0.1, 0.15) is 26.7 Å². The summed E-state index contributed by atoms with van der Waals surface area (Å²) in [6, 6.07) is 0.115. The van der Waals surface area contributed by atoms with E-state index in [0.29, 0.717) is 26.2 Å². The van der Waals surface area contributed by atoms with E-state index in [0.717, 1.165) is 6.42 Å². The van der Waals surface area contributed by atoms with E-state index < -0.39 is 0 Å². The third-order valence-electron chi connectivity index (χ3n) is 2.26. The molecule has 0 spiro atoms. The standard InChI is InChI=1S/C11H23NO3/c1-5-6-11(13)12(7-8-14-3)10(2)9-15-4/h10H,5-9H2,1-4H3. The van der Waals surface area contributed by atoms with Crippen LogP contribution in [-0.4, -0.2) is 50.8 Å². The van der Waals surface area contributed by atoms with Gasteiger partial charge in [0.2, 0.25) is 5.91 Å². The van der Waals surface area contributed by atoms with Gasteiger partial charge in [-0.2, -0.15) is 0 Å². The highest BCUT2D eigenvalue weighted by Crippen LogP contribution is 2.04. The van der Waals surface area contributed by atoms with Gasteiger partial charge in [-0.3, -0.25) is 4.79 Å². The Morgan fingerprint density at radius 2 is 2.00 bits per heavy atom. The summed E-state index contributed by atoms with van der Waals surface area (Å²) < 4.78 is 10.1. The van der Waals surface area contributed by atoms with Gasteiger partial charge in [-0.1, -0.05) is 6.92 Å². The van der Waals surface area contributed by atoms with Gasteiger partial charge in [-0.15, -0.1) is 0 Å². The zero-order valence-electron chi connectivity index (χ0n) is 10.3. The Hall–Kier alpha value is -0.610. The fourth-order valence-electron chi connectivity index (χ4n) is 1.47. The lowest BCUT2D eigenvalue weighted by Gasteiger charge is -2.28. The molecule has 1 unspecified atom stereocenters. The Labute approximate surface area is 92.5 Å². The first-order chi connectivity index (χ1) is 7.17. The summed E-state index contributed by atoms with van der Waals surface area (Å²) in [6.45, 7) is 5.78. The van der Waals surface area contributed by atoms with Crippen LogP contribution in [0.3, 0.4) is 0 Å². The summed E-state index contributed by atoms with van der Waals surface area (Å²) in [5, 5.41) is 0. The van der Waals surface area contributed by atoms with Crippen LogP contribution in [0.5, 0.6) is 0 Å². The molecule has 0 aromatic heterocycles. The second kappa shape index (κ2) is 8.68. The number of methoxy groups -OCH3 is 2. The predicted octanol–water partition coefficient (Wildman–Crippen LogP) is 1.30. The lowest BCUT2D eigenvalue weighted by Crippen LogP contribution is -2.42. The molecule has 0 radical (unpaired) electrons. The molecule has 0 aromatic rings. The van der Waals surface area contributed by atoms with Crippen molar-refractivity contribution >= 4 is 5.91 Å². The molecule has 1 amide bonds. The molecule has 0 N–H and O–H groups in total. The van der Waals surface area contributed by atoms with Crippen molar-refractivity contribution in [3.63, 3.8) is 0 Å². The van der Waals surface area contributed by atoms with Crippen molar-refractivity contribution in [2.75, 3.05) is 34.0 Å². The molecule has 0 saturated heterocycles. The van der Waals surface area contributed by atoms with Gasteiger partial charge in [0.05, 0.1) is 19.3 Å². The van der Waals surface area contributed by atoms with Gasteiger partial charge in [0.1, 0.15) is 0 Å². The van der Waals surface area contributed by atoms with Gasteiger partial charge in [0.15, 0.2) is 0 Å². The minimum Gasteiger partial charge on any atom is -0.383 e. The van der Waals surface area contributed by atoms with Gasteiger partial charge in [0, 0.05) is 27.2 Å². The van der Waals surface area contributed by atoms with E-state index >= 15 is 0 Å². The Bertz CT molecular complexity index is 173. The molecule has 1 atom stereocenters. The molecule has 0 fully saturated rings. The summed E-state index contributed by atoms with van der Waals surface area (Å²) in [5.41, 5.74) is 0. The van der Waals surface area contributed by atoms with Crippen LogP contribution in [0.25, 0.3) is 0 Å². The monoisotopic (exact) mass is 217 g/mol. The number of hydrogen-bond donors (Lipinski definition) is 0. The second-order valence-electron chi connectivity index (χ2n) is 3.63. The number of carbonyl (C=O) groups is 1. The molecule has 0 saturated carbocycles. The molecule has 0 aliphatic rings. The molecular formula is C11H23NO3. The van der Waals surface area contributed by atoms with E-state index in [2.05, 4.69) is 0 Å². The summed E-state index contributed by atoms with van der Waals surface area (Å²) in [5.74, 6) is 0.180. The number of amides is 1. The van der Waals surface area contributed by atoms with E-state index in [1.807, 2.05) is 18.7 Å². The fourth-order valence-corrected chi connectivity index (χ4v) is 1.47. The molecule has 15 heavy (non-hydrogen) atoms. The number of nitrogens with zero attached hydrogens (tertiary/aromatic N) is 1. The average Bonchev–Trinajstić information content (AvgIpc) is 2.19. The zero-order chi connectivity index (χ0) is 11.7. The minimum atomic E-state index is 0.115. The molecular weight excluding hydrogens is 194 g/mol. The normalized spacial score (nSPS) is 12.5. The van der Waals surface area contributed by atoms with Crippen LogP contribution < -0.4 is 0 Å². The highest BCUT2D eigenvalue weighted by atomic mass is 16.5. The maximum absolute atomic E-state index is 11.8. The molecule has 0 aliphatic carbocycles. The van der Waals surface area contributed by atoms with Gasteiger partial charge in [-0.05, 0) is 13.3 Å². The Morgan fingerprint density at radius 1 is 1.33 bits per heavy atom. The number of hydrogen-bond acceptors (Lipinski definition) is 3. The highest BCUT2D eigenvalue weighted by molar-refractivity contribution is 5.76. The van der Waals surface area contributed by atoms with Crippen LogP contribution in [0, 0.1) is 0 Å². The predicted molar refractivity (Wildman–Crippen MR) is 59.8 cm³/mol. The largest absolute Gasteiger partial charge is 0.383 e. The fraction of sp³-hybridized carbons (Fsp3) is 0.909. The third kappa shape index (κ3) is 5.74. The van der Waals surface area contributed by atoms with Crippen molar-refractivity contribution in [3.8, 4) is 0 Å². The smallest absolute Gasteiger partial charge is 0.222 e. The van der Waals surface area contributed by atoms with E-state index in [1.54, 1.807) is 14.2 Å². The van der Waals surface area contributed by atoms with Crippen LogP contribution in [0.15, 0.2) is 0 Å². The lowest BCUT2D eigenvalue weighted by molar-refractivity contribution is -0.135. The second-order valence-corrected chi connectivity index (χ2v) is 3.63. The Balaban J connectivity index is 4.21. The van der Waals surface area contributed by atoms with E-state index in [4.69, 9.17) is 9.47 Å². The quantitative estimate of drug-likeness (QED) is 0.615. The molecule has 0 aliphatic heterocycles. The van der Waals surface area contributed by atoms with Crippen LogP contribution in [0.4, 0.5) is 0 Å². The van der Waals surface area contributed by atoms with Crippen molar-refractivity contribution < 1.29 is 14.3 Å². The Kier molecular flexibility index (Phi) is 8.33. The topological polar surface area (TPSA) is 38.8 Å². The molecule has 0 rings (SSSR count). The van der Waals surface area contributed by atoms with E-state index in [-0.39, 0.29) is 11.9 Å². The van der Waals surface area contributed by atoms with Gasteiger partial charge >= 0.3 is 0 Å². The number of carbonyl (C=O) groups excluding carboxylic acids is 1. The SMILES string of the molecule is CCCC(=O)N(CCOC)C(C)COC. The molecule has 90 valence electrons. The summed E-state index contributed by atoms with van der Waals surface area (Å²) in [6.07, 6.45) is 1.47. The highest BCUT2D eigenvalue weighted by Gasteiger charge is 2.18. The third-order valence-corrected chi connectivity index (χ3v) is 2.26. The van der Waals surface area contributed by atoms with E-state index in [9.17, 15) is 4.79 Å². The van der Waals surface area contributed by atoms with Crippen LogP contribution in [0.2, 0.25) is 0 Å². The van der Waals surface area contributed by atoms with Crippen molar-refractivity contribution in [1.29, 1.82) is 0 Å². The first-order valence-corrected chi connectivity index (χ1v) is 5.44. The van der Waals surface area contributed by atoms with Crippen molar-refractivity contribution in [1.82, 2.24) is 4.90 Å². The molecule has 0 aromatic carbocycles. The molecule has 0 bridgehead atoms. The summed E-state index contributed by atoms with van der Waals surface area (Å²) in [4.78, 5) is 13.6. The van der Waals surface area contributed by atoms with Crippen LogP contribution in [-0.2, 0) is 14.3 Å². The first kappa shape index (κ1) is 14.4. The first-order valence-electron chi connectivity index (χ1n) is 5.44. The molecule has 0 heterocycles.